The monoisotopic (exact) mass is 314 g/mol. The molecule has 0 bridgehead atoms. The van der Waals surface area contributed by atoms with Crippen LogP contribution in [0.25, 0.3) is 0 Å². The Bertz CT molecular complexity index is 636. The van der Waals surface area contributed by atoms with Gasteiger partial charge in [-0.15, -0.1) is 0 Å². The van der Waals surface area contributed by atoms with Crippen molar-refractivity contribution in [2.75, 3.05) is 20.2 Å². The third kappa shape index (κ3) is 3.17. The van der Waals surface area contributed by atoms with E-state index in [1.807, 2.05) is 0 Å². The first-order valence-corrected chi connectivity index (χ1v) is 7.97. The average molecular weight is 314 g/mol. The molecule has 0 radical (unpaired) electrons. The summed E-state index contributed by atoms with van der Waals surface area (Å²) in [6, 6.07) is 3.86. The molecule has 1 fully saturated rings. The van der Waals surface area contributed by atoms with Crippen molar-refractivity contribution in [3.05, 3.63) is 23.8 Å². The number of carbonyl (C=O) groups is 1. The van der Waals surface area contributed by atoms with Crippen molar-refractivity contribution >= 4 is 16.0 Å². The van der Waals surface area contributed by atoms with Crippen molar-refractivity contribution < 1.29 is 23.1 Å². The van der Waals surface area contributed by atoms with Gasteiger partial charge in [-0.05, 0) is 31.0 Å². The van der Waals surface area contributed by atoms with Gasteiger partial charge in [0.15, 0.2) is 0 Å². The highest BCUT2D eigenvalue weighted by atomic mass is 32.2. The van der Waals surface area contributed by atoms with Gasteiger partial charge in [0.25, 0.3) is 0 Å². The van der Waals surface area contributed by atoms with Crippen LogP contribution in [0.4, 0.5) is 0 Å². The zero-order valence-corrected chi connectivity index (χ0v) is 12.5. The van der Waals surface area contributed by atoms with E-state index < -0.39 is 16.0 Å². The zero-order chi connectivity index (χ0) is 15.6. The fraction of sp³-hybridized carbons (Fsp3) is 0.462. The Labute approximate surface area is 123 Å². The maximum Gasteiger partial charge on any atom is 0.339 e. The van der Waals surface area contributed by atoms with E-state index >= 15 is 0 Å². The predicted octanol–water partition coefficient (Wildman–Crippen LogP) is 0.505. The molecule has 1 aliphatic rings. The standard InChI is InChI=1S/C13H18N2O5S/c1-20-12-3-2-10(8-11(12)13(16)17)21(18,19)15-6-4-9(14)5-7-15/h2-3,8-9H,4-7,14H2,1H3,(H,16,17). The third-order valence-electron chi connectivity index (χ3n) is 3.54. The first-order valence-electron chi connectivity index (χ1n) is 6.53. The van der Waals surface area contributed by atoms with E-state index in [9.17, 15) is 13.2 Å². The lowest BCUT2D eigenvalue weighted by molar-refractivity contribution is 0.0693. The predicted molar refractivity (Wildman–Crippen MR) is 75.9 cm³/mol. The van der Waals surface area contributed by atoms with Crippen LogP contribution in [0.3, 0.4) is 0 Å². The van der Waals surface area contributed by atoms with Crippen LogP contribution in [0.5, 0.6) is 5.75 Å². The number of sulfonamides is 1. The fourth-order valence-electron chi connectivity index (χ4n) is 2.28. The van der Waals surface area contributed by atoms with Gasteiger partial charge in [-0.2, -0.15) is 4.31 Å². The maximum absolute atomic E-state index is 12.5. The van der Waals surface area contributed by atoms with E-state index in [0.29, 0.717) is 25.9 Å². The number of benzene rings is 1. The summed E-state index contributed by atoms with van der Waals surface area (Å²) in [5.74, 6) is -1.10. The highest BCUT2D eigenvalue weighted by molar-refractivity contribution is 7.89. The molecule has 0 spiro atoms. The number of nitrogens with two attached hydrogens (primary N) is 1. The average Bonchev–Trinajstić information content (AvgIpc) is 2.46. The third-order valence-corrected chi connectivity index (χ3v) is 5.43. The molecule has 1 aromatic carbocycles. The second-order valence-corrected chi connectivity index (χ2v) is 6.85. The summed E-state index contributed by atoms with van der Waals surface area (Å²) in [5, 5.41) is 9.13. The molecule has 0 amide bonds. The fourth-order valence-corrected chi connectivity index (χ4v) is 3.78. The Kier molecular flexibility index (Phi) is 4.50. The molecule has 0 aromatic heterocycles. The molecule has 0 aliphatic carbocycles. The van der Waals surface area contributed by atoms with Crippen LogP contribution in [0.15, 0.2) is 23.1 Å². The number of ether oxygens (including phenoxy) is 1. The molecule has 2 rings (SSSR count). The molecule has 0 saturated carbocycles. The first-order chi connectivity index (χ1) is 9.86. The molecule has 1 heterocycles. The number of aromatic carboxylic acids is 1. The zero-order valence-electron chi connectivity index (χ0n) is 11.7. The van der Waals surface area contributed by atoms with E-state index in [4.69, 9.17) is 15.6 Å². The van der Waals surface area contributed by atoms with Gasteiger partial charge in [0.1, 0.15) is 11.3 Å². The van der Waals surface area contributed by atoms with Gasteiger partial charge in [-0.3, -0.25) is 0 Å². The van der Waals surface area contributed by atoms with Gasteiger partial charge < -0.3 is 15.6 Å². The van der Waals surface area contributed by atoms with E-state index in [0.717, 1.165) is 6.07 Å². The first kappa shape index (κ1) is 15.7. The molecule has 1 aromatic rings. The van der Waals surface area contributed by atoms with Crippen molar-refractivity contribution in [1.29, 1.82) is 0 Å². The van der Waals surface area contributed by atoms with Crippen molar-refractivity contribution in [3.8, 4) is 5.75 Å². The highest BCUT2D eigenvalue weighted by Gasteiger charge is 2.29. The summed E-state index contributed by atoms with van der Waals surface area (Å²) in [6.07, 6.45) is 1.20. The smallest absolute Gasteiger partial charge is 0.339 e. The Morgan fingerprint density at radius 3 is 2.52 bits per heavy atom. The minimum atomic E-state index is -3.71. The quantitative estimate of drug-likeness (QED) is 0.837. The number of carboxylic acid groups (broad SMARTS) is 1. The second kappa shape index (κ2) is 6.00. The van der Waals surface area contributed by atoms with Gasteiger partial charge >= 0.3 is 5.97 Å². The summed E-state index contributed by atoms with van der Waals surface area (Å²) in [6.45, 7) is 0.690. The van der Waals surface area contributed by atoms with Crippen LogP contribution < -0.4 is 10.5 Å². The maximum atomic E-state index is 12.5. The molecule has 1 saturated heterocycles. The van der Waals surface area contributed by atoms with E-state index in [1.165, 1.54) is 23.5 Å². The summed E-state index contributed by atoms with van der Waals surface area (Å²) in [4.78, 5) is 11.1. The largest absolute Gasteiger partial charge is 0.496 e. The lowest BCUT2D eigenvalue weighted by Gasteiger charge is -2.29. The number of piperidine rings is 1. The van der Waals surface area contributed by atoms with E-state index in [1.54, 1.807) is 0 Å². The van der Waals surface area contributed by atoms with Gasteiger partial charge in [0, 0.05) is 19.1 Å². The van der Waals surface area contributed by atoms with Crippen molar-refractivity contribution in [2.45, 2.75) is 23.8 Å². The van der Waals surface area contributed by atoms with Gasteiger partial charge in [-0.25, -0.2) is 13.2 Å². The Morgan fingerprint density at radius 1 is 1.38 bits per heavy atom. The molecule has 3 N–H and O–H groups in total. The highest BCUT2D eigenvalue weighted by Crippen LogP contribution is 2.26. The molecule has 7 nitrogen and oxygen atoms in total. The number of hydrogen-bond donors (Lipinski definition) is 2. The molecule has 0 atom stereocenters. The summed E-state index contributed by atoms with van der Waals surface area (Å²) >= 11 is 0. The van der Waals surface area contributed by atoms with Crippen LogP contribution >= 0.6 is 0 Å². The molecular weight excluding hydrogens is 296 g/mol. The van der Waals surface area contributed by atoms with Crippen molar-refractivity contribution in [1.82, 2.24) is 4.31 Å². The van der Waals surface area contributed by atoms with Gasteiger partial charge in [0.05, 0.1) is 12.0 Å². The number of hydrogen-bond acceptors (Lipinski definition) is 5. The second-order valence-electron chi connectivity index (χ2n) is 4.91. The van der Waals surface area contributed by atoms with Crippen LogP contribution in [-0.2, 0) is 10.0 Å². The summed E-state index contributed by atoms with van der Waals surface area (Å²) in [5.41, 5.74) is 5.59. The van der Waals surface area contributed by atoms with Crippen LogP contribution in [0, 0.1) is 0 Å². The SMILES string of the molecule is COc1ccc(S(=O)(=O)N2CCC(N)CC2)cc1C(=O)O. The van der Waals surface area contributed by atoms with E-state index in [-0.39, 0.29) is 22.3 Å². The van der Waals surface area contributed by atoms with Crippen LogP contribution in [-0.4, -0.2) is 50.0 Å². The van der Waals surface area contributed by atoms with Gasteiger partial charge in [-0.1, -0.05) is 0 Å². The van der Waals surface area contributed by atoms with E-state index in [2.05, 4.69) is 0 Å². The number of nitrogens with zero attached hydrogens (tertiary/aromatic N) is 1. The minimum absolute atomic E-state index is 0.0156. The Hall–Kier alpha value is -1.64. The summed E-state index contributed by atoms with van der Waals surface area (Å²) in [7, 11) is -2.37. The normalized spacial score (nSPS) is 17.6. The summed E-state index contributed by atoms with van der Waals surface area (Å²) < 4.78 is 31.3. The van der Waals surface area contributed by atoms with Crippen molar-refractivity contribution in [2.24, 2.45) is 5.73 Å². The van der Waals surface area contributed by atoms with Crippen LogP contribution in [0.1, 0.15) is 23.2 Å². The number of methoxy groups -OCH3 is 1. The molecule has 0 unspecified atom stereocenters. The lowest BCUT2D eigenvalue weighted by atomic mass is 10.1. The minimum Gasteiger partial charge on any atom is -0.496 e. The van der Waals surface area contributed by atoms with Crippen LogP contribution in [0.2, 0.25) is 0 Å². The van der Waals surface area contributed by atoms with Gasteiger partial charge in [0.2, 0.25) is 10.0 Å². The molecule has 8 heteroatoms. The topological polar surface area (TPSA) is 110 Å². The molecule has 21 heavy (non-hydrogen) atoms. The number of rotatable bonds is 4. The Morgan fingerprint density at radius 2 is 2.00 bits per heavy atom. The van der Waals surface area contributed by atoms with Crippen molar-refractivity contribution in [3.63, 3.8) is 0 Å². The number of carboxylic acids is 1. The Balaban J connectivity index is 2.36. The molecular formula is C13H18N2O5S. The lowest BCUT2D eigenvalue weighted by Crippen LogP contribution is -2.42. The molecule has 116 valence electrons. The molecule has 1 aliphatic heterocycles.